The summed E-state index contributed by atoms with van der Waals surface area (Å²) in [6, 6.07) is 0. The first-order valence-corrected chi connectivity index (χ1v) is 5.18. The average Bonchev–Trinajstić information content (AvgIpc) is 2.14. The normalized spacial score (nSPS) is 11.9. The fourth-order valence-corrected chi connectivity index (χ4v) is 0.988. The number of hydrogen-bond acceptors (Lipinski definition) is 3. The van der Waals surface area contributed by atoms with E-state index in [2.05, 4.69) is 5.32 Å². The molecule has 5 heteroatoms. The monoisotopic (exact) mass is 217 g/mol. The molecule has 88 valence electrons. The zero-order valence-electron chi connectivity index (χ0n) is 9.28. The van der Waals surface area contributed by atoms with E-state index in [1.165, 1.54) is 0 Å². The maximum Gasteiger partial charge on any atom is 0.407 e. The second-order valence-corrected chi connectivity index (χ2v) is 3.57. The Balaban J connectivity index is 3.48. The van der Waals surface area contributed by atoms with Gasteiger partial charge in [-0.25, -0.2) is 4.79 Å². The molecule has 0 rings (SSSR count). The van der Waals surface area contributed by atoms with Crippen LogP contribution >= 0.6 is 0 Å². The first kappa shape index (κ1) is 13.7. The minimum atomic E-state index is -0.858. The van der Waals surface area contributed by atoms with Crippen LogP contribution in [0.1, 0.15) is 33.1 Å². The van der Waals surface area contributed by atoms with Crippen LogP contribution < -0.4 is 5.32 Å². The lowest BCUT2D eigenvalue weighted by Crippen LogP contribution is -2.30. The van der Waals surface area contributed by atoms with Gasteiger partial charge in [-0.1, -0.05) is 20.3 Å². The molecule has 0 aliphatic carbocycles. The van der Waals surface area contributed by atoms with Gasteiger partial charge in [0.2, 0.25) is 0 Å². The van der Waals surface area contributed by atoms with Gasteiger partial charge in [0.05, 0.1) is 6.61 Å². The molecule has 2 N–H and O–H groups in total. The van der Waals surface area contributed by atoms with Crippen molar-refractivity contribution in [3.8, 4) is 0 Å². The number of carboxylic acid groups (broad SMARTS) is 1. The third-order valence-electron chi connectivity index (χ3n) is 1.85. The fourth-order valence-electron chi connectivity index (χ4n) is 0.988. The van der Waals surface area contributed by atoms with Gasteiger partial charge >= 0.3 is 12.1 Å². The molecule has 0 spiro atoms. The number of alkyl carbamates (subject to hydrolysis) is 1. The number of rotatable bonds is 7. The molecule has 0 aromatic heterocycles. The molecule has 0 radical (unpaired) electrons. The molecule has 5 nitrogen and oxygen atoms in total. The molecule has 1 unspecified atom stereocenters. The van der Waals surface area contributed by atoms with Crippen LogP contribution in [-0.4, -0.2) is 30.3 Å². The Bertz CT molecular complexity index is 206. The van der Waals surface area contributed by atoms with E-state index in [9.17, 15) is 9.59 Å². The summed E-state index contributed by atoms with van der Waals surface area (Å²) >= 11 is 0. The third kappa shape index (κ3) is 9.05. The molecule has 0 fully saturated rings. The van der Waals surface area contributed by atoms with Gasteiger partial charge in [-0.3, -0.25) is 4.79 Å². The Morgan fingerprint density at radius 1 is 1.47 bits per heavy atom. The first-order chi connectivity index (χ1) is 7.06. The molecule has 0 aromatic carbocycles. The van der Waals surface area contributed by atoms with Crippen LogP contribution in [0.3, 0.4) is 0 Å². The van der Waals surface area contributed by atoms with Gasteiger partial charge in [0, 0.05) is 13.0 Å². The van der Waals surface area contributed by atoms with Crippen molar-refractivity contribution in [2.45, 2.75) is 33.1 Å². The molecule has 0 saturated carbocycles. The lowest BCUT2D eigenvalue weighted by Gasteiger charge is -2.10. The number of amides is 1. The number of carboxylic acids is 1. The summed E-state index contributed by atoms with van der Waals surface area (Å²) in [5.74, 6) is -0.940. The Morgan fingerprint density at radius 2 is 2.13 bits per heavy atom. The summed E-state index contributed by atoms with van der Waals surface area (Å²) in [6.45, 7) is 4.52. The Kier molecular flexibility index (Phi) is 7.40. The molecular formula is C10H19NO4. The van der Waals surface area contributed by atoms with E-state index in [1.54, 1.807) is 6.92 Å². The highest BCUT2D eigenvalue weighted by Gasteiger charge is 2.09. The average molecular weight is 217 g/mol. The molecule has 0 heterocycles. The third-order valence-corrected chi connectivity index (χ3v) is 1.85. The summed E-state index contributed by atoms with van der Waals surface area (Å²) in [5.41, 5.74) is 0. The first-order valence-electron chi connectivity index (χ1n) is 5.18. The largest absolute Gasteiger partial charge is 0.481 e. The van der Waals surface area contributed by atoms with Crippen molar-refractivity contribution in [1.82, 2.24) is 5.32 Å². The van der Waals surface area contributed by atoms with E-state index >= 15 is 0 Å². The van der Waals surface area contributed by atoms with E-state index in [0.29, 0.717) is 13.2 Å². The molecular weight excluding hydrogens is 198 g/mol. The van der Waals surface area contributed by atoms with E-state index in [-0.39, 0.29) is 12.3 Å². The summed E-state index contributed by atoms with van der Waals surface area (Å²) < 4.78 is 4.84. The molecule has 0 bridgehead atoms. The number of hydrogen-bond donors (Lipinski definition) is 2. The summed E-state index contributed by atoms with van der Waals surface area (Å²) in [4.78, 5) is 21.3. The van der Waals surface area contributed by atoms with Gasteiger partial charge in [0.1, 0.15) is 0 Å². The van der Waals surface area contributed by atoms with Crippen molar-refractivity contribution in [1.29, 1.82) is 0 Å². The van der Waals surface area contributed by atoms with Crippen molar-refractivity contribution < 1.29 is 19.4 Å². The zero-order chi connectivity index (χ0) is 11.7. The van der Waals surface area contributed by atoms with E-state index < -0.39 is 12.1 Å². The molecule has 15 heavy (non-hydrogen) atoms. The van der Waals surface area contributed by atoms with Crippen molar-refractivity contribution in [2.75, 3.05) is 13.2 Å². The topological polar surface area (TPSA) is 75.6 Å². The van der Waals surface area contributed by atoms with Crippen LogP contribution in [-0.2, 0) is 9.53 Å². The van der Waals surface area contributed by atoms with Crippen molar-refractivity contribution in [3.05, 3.63) is 0 Å². The highest BCUT2D eigenvalue weighted by molar-refractivity contribution is 5.68. The number of nitrogens with one attached hydrogen (secondary N) is 1. The van der Waals surface area contributed by atoms with E-state index in [4.69, 9.17) is 9.84 Å². The second kappa shape index (κ2) is 8.08. The number of aliphatic carboxylic acids is 1. The van der Waals surface area contributed by atoms with Crippen LogP contribution in [0, 0.1) is 5.92 Å². The fraction of sp³-hybridized carbons (Fsp3) is 0.800. The van der Waals surface area contributed by atoms with Gasteiger partial charge in [-0.05, 0) is 12.3 Å². The smallest absolute Gasteiger partial charge is 0.407 e. The standard InChI is InChI=1S/C10H19NO4/c1-3-4-5-15-10(14)11-7-8(2)6-9(12)13/h8H,3-7H2,1-2H3,(H,11,14)(H,12,13). The number of carbonyl (C=O) groups excluding carboxylic acids is 1. The van der Waals surface area contributed by atoms with Crippen LogP contribution in [0.5, 0.6) is 0 Å². The molecule has 0 aliphatic heterocycles. The molecule has 0 aromatic rings. The highest BCUT2D eigenvalue weighted by Crippen LogP contribution is 1.99. The summed E-state index contributed by atoms with van der Waals surface area (Å²) in [6.07, 6.45) is 1.40. The highest BCUT2D eigenvalue weighted by atomic mass is 16.5. The zero-order valence-corrected chi connectivity index (χ0v) is 9.28. The SMILES string of the molecule is CCCCOC(=O)NCC(C)CC(=O)O. The predicted octanol–water partition coefficient (Wildman–Crippen LogP) is 1.62. The van der Waals surface area contributed by atoms with E-state index in [0.717, 1.165) is 12.8 Å². The number of carbonyl (C=O) groups is 2. The van der Waals surface area contributed by atoms with Gasteiger partial charge in [-0.15, -0.1) is 0 Å². The van der Waals surface area contributed by atoms with Gasteiger partial charge in [0.25, 0.3) is 0 Å². The van der Waals surface area contributed by atoms with Crippen molar-refractivity contribution in [3.63, 3.8) is 0 Å². The predicted molar refractivity (Wildman–Crippen MR) is 55.7 cm³/mol. The van der Waals surface area contributed by atoms with E-state index in [1.807, 2.05) is 6.92 Å². The Morgan fingerprint density at radius 3 is 2.67 bits per heavy atom. The van der Waals surface area contributed by atoms with Crippen molar-refractivity contribution >= 4 is 12.1 Å². The lowest BCUT2D eigenvalue weighted by atomic mass is 10.1. The van der Waals surface area contributed by atoms with Gasteiger partial charge in [0.15, 0.2) is 0 Å². The Hall–Kier alpha value is -1.26. The second-order valence-electron chi connectivity index (χ2n) is 3.57. The molecule has 0 aliphatic rings. The quantitative estimate of drug-likeness (QED) is 0.635. The number of unbranched alkanes of at least 4 members (excludes halogenated alkanes) is 1. The lowest BCUT2D eigenvalue weighted by molar-refractivity contribution is -0.137. The molecule has 1 atom stereocenters. The van der Waals surface area contributed by atoms with Gasteiger partial charge in [-0.2, -0.15) is 0 Å². The Labute approximate surface area is 89.8 Å². The minimum Gasteiger partial charge on any atom is -0.481 e. The molecule has 1 amide bonds. The maximum absolute atomic E-state index is 11.0. The summed E-state index contributed by atoms with van der Waals surface area (Å²) in [5, 5.41) is 11.0. The maximum atomic E-state index is 11.0. The molecule has 0 saturated heterocycles. The van der Waals surface area contributed by atoms with Crippen LogP contribution in [0.25, 0.3) is 0 Å². The van der Waals surface area contributed by atoms with Crippen LogP contribution in [0.15, 0.2) is 0 Å². The van der Waals surface area contributed by atoms with Crippen LogP contribution in [0.4, 0.5) is 4.79 Å². The minimum absolute atomic E-state index is 0.0508. The van der Waals surface area contributed by atoms with Gasteiger partial charge < -0.3 is 15.2 Å². The van der Waals surface area contributed by atoms with Crippen LogP contribution in [0.2, 0.25) is 0 Å². The van der Waals surface area contributed by atoms with Crippen molar-refractivity contribution in [2.24, 2.45) is 5.92 Å². The summed E-state index contributed by atoms with van der Waals surface area (Å²) in [7, 11) is 0. The number of ether oxygens (including phenoxy) is 1.